The number of aromatic nitrogens is 2. The number of hydrogen-bond donors (Lipinski definition) is 3. The highest BCUT2D eigenvalue weighted by atomic mass is 16.5. The molecule has 1 amide bonds. The van der Waals surface area contributed by atoms with E-state index in [-0.39, 0.29) is 35.4 Å². The first kappa shape index (κ1) is 20.5. The molecule has 28 heavy (non-hydrogen) atoms. The zero-order valence-electron chi connectivity index (χ0n) is 16.6. The van der Waals surface area contributed by atoms with Crippen LogP contribution in [-0.2, 0) is 9.53 Å². The molecule has 0 aromatic carbocycles. The average Bonchev–Trinajstić information content (AvgIpc) is 3.10. The van der Waals surface area contributed by atoms with Crippen molar-refractivity contribution in [2.45, 2.75) is 39.0 Å². The van der Waals surface area contributed by atoms with E-state index < -0.39 is 24.1 Å². The molecule has 0 unspecified atom stereocenters. The lowest BCUT2D eigenvalue weighted by Gasteiger charge is -2.43. The van der Waals surface area contributed by atoms with Gasteiger partial charge in [0.15, 0.2) is 5.69 Å². The Kier molecular flexibility index (Phi) is 5.85. The van der Waals surface area contributed by atoms with Gasteiger partial charge in [-0.15, -0.1) is 0 Å². The molecule has 9 heteroatoms. The van der Waals surface area contributed by atoms with Crippen molar-refractivity contribution in [3.8, 4) is 0 Å². The third-order valence-corrected chi connectivity index (χ3v) is 5.86. The van der Waals surface area contributed by atoms with E-state index in [0.29, 0.717) is 18.9 Å². The summed E-state index contributed by atoms with van der Waals surface area (Å²) in [5.74, 6) is -1.24. The van der Waals surface area contributed by atoms with Crippen molar-refractivity contribution in [1.82, 2.24) is 15.3 Å². The van der Waals surface area contributed by atoms with Gasteiger partial charge in [-0.3, -0.25) is 4.79 Å². The van der Waals surface area contributed by atoms with E-state index in [1.54, 1.807) is 0 Å². The highest BCUT2D eigenvalue weighted by Gasteiger charge is 2.54. The molecule has 2 fully saturated rings. The highest BCUT2D eigenvalue weighted by molar-refractivity contribution is 5.86. The first-order chi connectivity index (χ1) is 13.2. The molecule has 1 aliphatic heterocycles. The van der Waals surface area contributed by atoms with Crippen molar-refractivity contribution in [3.63, 3.8) is 0 Å². The number of carbonyl (C=O) groups is 2. The van der Waals surface area contributed by atoms with E-state index in [0.717, 1.165) is 0 Å². The first-order valence-electron chi connectivity index (χ1n) is 9.56. The van der Waals surface area contributed by atoms with Crippen molar-refractivity contribution in [3.05, 3.63) is 18.1 Å². The Labute approximate surface area is 164 Å². The number of aliphatic hydroxyl groups is 2. The zero-order chi connectivity index (χ0) is 20.6. The number of nitrogens with one attached hydrogen (secondary N) is 1. The summed E-state index contributed by atoms with van der Waals surface area (Å²) in [6.07, 6.45) is 0.964. The van der Waals surface area contributed by atoms with Crippen LogP contribution in [0.1, 0.15) is 31.3 Å². The van der Waals surface area contributed by atoms with Crippen LogP contribution in [0.2, 0.25) is 0 Å². The molecule has 1 saturated carbocycles. The van der Waals surface area contributed by atoms with Gasteiger partial charge in [-0.05, 0) is 25.7 Å². The maximum Gasteiger partial charge on any atom is 0.358 e. The van der Waals surface area contributed by atoms with E-state index in [2.05, 4.69) is 20.0 Å². The van der Waals surface area contributed by atoms with Crippen molar-refractivity contribution in [2.75, 3.05) is 25.1 Å². The van der Waals surface area contributed by atoms with Crippen LogP contribution in [0.3, 0.4) is 0 Å². The van der Waals surface area contributed by atoms with Gasteiger partial charge >= 0.3 is 5.97 Å². The van der Waals surface area contributed by atoms with Gasteiger partial charge in [-0.1, -0.05) is 6.92 Å². The number of aliphatic hydroxyl groups excluding tert-OH is 2. The number of ether oxygens (including phenoxy) is 1. The minimum atomic E-state index is -0.961. The number of rotatable bonds is 4. The van der Waals surface area contributed by atoms with Crippen molar-refractivity contribution in [1.29, 1.82) is 0 Å². The Morgan fingerprint density at radius 3 is 2.43 bits per heavy atom. The second-order valence-corrected chi connectivity index (χ2v) is 8.01. The summed E-state index contributed by atoms with van der Waals surface area (Å²) in [5, 5.41) is 24.1. The number of nitrogens with zero attached hydrogens (tertiary/aromatic N) is 3. The van der Waals surface area contributed by atoms with Crippen LogP contribution < -0.4 is 10.2 Å². The predicted octanol–water partition coefficient (Wildman–Crippen LogP) is -0.172. The van der Waals surface area contributed by atoms with E-state index in [9.17, 15) is 19.8 Å². The van der Waals surface area contributed by atoms with Gasteiger partial charge in [0.2, 0.25) is 5.91 Å². The van der Waals surface area contributed by atoms with Crippen molar-refractivity contribution >= 4 is 17.7 Å². The lowest BCUT2D eigenvalue weighted by Crippen LogP contribution is -2.56. The summed E-state index contributed by atoms with van der Waals surface area (Å²) in [6, 6.07) is -0.00335. The number of methoxy groups -OCH3 is 1. The monoisotopic (exact) mass is 392 g/mol. The van der Waals surface area contributed by atoms with Gasteiger partial charge < -0.3 is 25.2 Å². The molecule has 154 valence electrons. The molecule has 0 radical (unpaired) electrons. The quantitative estimate of drug-likeness (QED) is 0.603. The maximum absolute atomic E-state index is 12.8. The highest BCUT2D eigenvalue weighted by Crippen LogP contribution is 2.44. The molecule has 0 bridgehead atoms. The Morgan fingerprint density at radius 1 is 1.18 bits per heavy atom. The van der Waals surface area contributed by atoms with Crippen LogP contribution in [-0.4, -0.2) is 70.5 Å². The number of esters is 1. The van der Waals surface area contributed by atoms with Gasteiger partial charge in [0, 0.05) is 31.0 Å². The van der Waals surface area contributed by atoms with Gasteiger partial charge in [0.25, 0.3) is 0 Å². The molecular weight excluding hydrogens is 364 g/mol. The number of fused-ring (bicyclic) bond motifs is 1. The fourth-order valence-corrected chi connectivity index (χ4v) is 4.46. The first-order valence-corrected chi connectivity index (χ1v) is 9.56. The second kappa shape index (κ2) is 8.00. The minimum Gasteiger partial charge on any atom is -0.464 e. The average molecular weight is 392 g/mol. The maximum atomic E-state index is 12.8. The second-order valence-electron chi connectivity index (χ2n) is 8.01. The Hall–Kier alpha value is -2.26. The van der Waals surface area contributed by atoms with Gasteiger partial charge in [-0.25, -0.2) is 14.8 Å². The largest absolute Gasteiger partial charge is 0.464 e. The van der Waals surface area contributed by atoms with Crippen molar-refractivity contribution < 1.29 is 24.5 Å². The fourth-order valence-electron chi connectivity index (χ4n) is 4.46. The summed E-state index contributed by atoms with van der Waals surface area (Å²) in [6.45, 7) is 6.57. The molecule has 1 aromatic heterocycles. The molecule has 6 atom stereocenters. The van der Waals surface area contributed by atoms with Gasteiger partial charge in [0.1, 0.15) is 5.82 Å². The van der Waals surface area contributed by atoms with E-state index in [1.165, 1.54) is 19.5 Å². The molecule has 9 nitrogen and oxygen atoms in total. The molecule has 1 aliphatic carbocycles. The van der Waals surface area contributed by atoms with E-state index >= 15 is 0 Å². The lowest BCUT2D eigenvalue weighted by atomic mass is 9.65. The standard InChI is InChI=1S/C19H28N4O5/c1-9(2)22-18(26)15-10(3)16(24)17(25)12-8-23(7-11(12)15)14-6-20-13(5-21-14)19(27)28-4/h5-6,9-12,15-17,24-25H,7-8H2,1-4H3,(H,22,26)/t10-,11+,12+,15+,16+,17+/m1/s1. The van der Waals surface area contributed by atoms with Crippen molar-refractivity contribution in [2.24, 2.45) is 23.7 Å². The summed E-state index contributed by atoms with van der Waals surface area (Å²) in [4.78, 5) is 34.6. The van der Waals surface area contributed by atoms with Crippen LogP contribution in [0, 0.1) is 23.7 Å². The zero-order valence-corrected chi connectivity index (χ0v) is 16.6. The molecule has 1 saturated heterocycles. The number of anilines is 1. The predicted molar refractivity (Wildman–Crippen MR) is 101 cm³/mol. The Morgan fingerprint density at radius 2 is 1.86 bits per heavy atom. The molecule has 2 aliphatic rings. The van der Waals surface area contributed by atoms with Gasteiger partial charge in [0.05, 0.1) is 31.7 Å². The molecule has 1 aromatic rings. The summed E-state index contributed by atoms with van der Waals surface area (Å²) in [5.41, 5.74) is 0.112. The summed E-state index contributed by atoms with van der Waals surface area (Å²) < 4.78 is 4.63. The van der Waals surface area contributed by atoms with Crippen LogP contribution in [0.25, 0.3) is 0 Å². The van der Waals surface area contributed by atoms with E-state index in [4.69, 9.17) is 0 Å². The number of hydrogen-bond acceptors (Lipinski definition) is 8. The number of amides is 1. The number of carbonyl (C=O) groups excluding carboxylic acids is 2. The normalized spacial score (nSPS) is 32.2. The summed E-state index contributed by atoms with van der Waals surface area (Å²) >= 11 is 0. The van der Waals surface area contributed by atoms with Crippen LogP contribution in [0.15, 0.2) is 12.4 Å². The SMILES string of the molecule is COC(=O)c1cnc(N2C[C@@H]3[C@H](O)[C@@H](O)[C@H](C)[C@H](C(=O)NC(C)C)[C@H]3C2)cn1. The molecule has 2 heterocycles. The van der Waals surface area contributed by atoms with E-state index in [1.807, 2.05) is 25.7 Å². The molecular formula is C19H28N4O5. The smallest absolute Gasteiger partial charge is 0.358 e. The fraction of sp³-hybridized carbons (Fsp3) is 0.684. The summed E-state index contributed by atoms with van der Waals surface area (Å²) in [7, 11) is 1.28. The van der Waals surface area contributed by atoms with Gasteiger partial charge in [-0.2, -0.15) is 0 Å². The molecule has 0 spiro atoms. The third-order valence-electron chi connectivity index (χ3n) is 5.86. The molecule has 3 rings (SSSR count). The molecule has 3 N–H and O–H groups in total. The third kappa shape index (κ3) is 3.68. The lowest BCUT2D eigenvalue weighted by molar-refractivity contribution is -0.146. The van der Waals surface area contributed by atoms with Crippen LogP contribution in [0.4, 0.5) is 5.82 Å². The Bertz CT molecular complexity index is 726. The van der Waals surface area contributed by atoms with Crippen LogP contribution in [0.5, 0.6) is 0 Å². The van der Waals surface area contributed by atoms with Crippen LogP contribution >= 0.6 is 0 Å². The minimum absolute atomic E-state index is 0.00335. The Balaban J connectivity index is 1.83. The topological polar surface area (TPSA) is 125 Å².